The summed E-state index contributed by atoms with van der Waals surface area (Å²) in [6.07, 6.45) is 2.28. The molecule has 1 heterocycles. The number of fused-ring (bicyclic) bond motifs is 1. The number of aliphatic imine (C=N–C) groups is 1. The maximum Gasteiger partial charge on any atom is 0.0865 e. The average molecular weight is 189 g/mol. The molecule has 74 valence electrons. The van der Waals surface area contributed by atoms with Crippen LogP contribution in [-0.4, -0.2) is 11.3 Å². The van der Waals surface area contributed by atoms with E-state index in [0.717, 1.165) is 17.7 Å². The summed E-state index contributed by atoms with van der Waals surface area (Å²) in [7, 11) is 0. The van der Waals surface area contributed by atoms with Crippen LogP contribution in [0.4, 0.5) is 5.69 Å². The van der Waals surface area contributed by atoms with Gasteiger partial charge in [-0.15, -0.1) is 0 Å². The Bertz CT molecular complexity index is 368. The van der Waals surface area contributed by atoms with Gasteiger partial charge in [0.2, 0.25) is 0 Å². The van der Waals surface area contributed by atoms with Gasteiger partial charge in [0.05, 0.1) is 11.8 Å². The van der Waals surface area contributed by atoms with E-state index in [-0.39, 0.29) is 5.41 Å². The molecular formula is C12H15NO. The van der Waals surface area contributed by atoms with Crippen molar-refractivity contribution in [3.8, 4) is 0 Å². The molecule has 14 heavy (non-hydrogen) atoms. The van der Waals surface area contributed by atoms with Crippen molar-refractivity contribution in [3.05, 3.63) is 29.8 Å². The Morgan fingerprint density at radius 1 is 1.36 bits per heavy atom. The van der Waals surface area contributed by atoms with E-state index in [9.17, 15) is 5.11 Å². The van der Waals surface area contributed by atoms with Crippen molar-refractivity contribution >= 4 is 11.9 Å². The maximum atomic E-state index is 10.2. The SMILES string of the molecule is CC1(C)CC=Nc2ccccc2C1O. The summed E-state index contributed by atoms with van der Waals surface area (Å²) < 4.78 is 0. The lowest BCUT2D eigenvalue weighted by molar-refractivity contribution is 0.0566. The number of aliphatic hydroxyl groups is 1. The Balaban J connectivity index is 2.53. The Labute approximate surface area is 84.3 Å². The highest BCUT2D eigenvalue weighted by molar-refractivity contribution is 5.67. The largest absolute Gasteiger partial charge is 0.388 e. The summed E-state index contributed by atoms with van der Waals surface area (Å²) in [4.78, 5) is 4.35. The molecule has 1 aromatic carbocycles. The molecule has 0 aromatic heterocycles. The van der Waals surface area contributed by atoms with Crippen LogP contribution in [0.25, 0.3) is 0 Å². The van der Waals surface area contributed by atoms with Gasteiger partial charge in [-0.25, -0.2) is 0 Å². The summed E-state index contributed by atoms with van der Waals surface area (Å²) in [5, 5.41) is 10.2. The number of aliphatic hydroxyl groups excluding tert-OH is 1. The molecule has 1 aromatic rings. The molecule has 1 unspecified atom stereocenters. The van der Waals surface area contributed by atoms with Crippen LogP contribution in [0.15, 0.2) is 29.3 Å². The lowest BCUT2D eigenvalue weighted by atomic mass is 9.80. The number of nitrogens with zero attached hydrogens (tertiary/aromatic N) is 1. The first-order chi connectivity index (χ1) is 6.61. The van der Waals surface area contributed by atoms with Crippen molar-refractivity contribution in [2.75, 3.05) is 0 Å². The number of rotatable bonds is 0. The van der Waals surface area contributed by atoms with E-state index in [1.54, 1.807) is 0 Å². The molecule has 1 aliphatic rings. The molecule has 2 heteroatoms. The minimum atomic E-state index is -0.429. The molecule has 2 nitrogen and oxygen atoms in total. The van der Waals surface area contributed by atoms with E-state index >= 15 is 0 Å². The topological polar surface area (TPSA) is 32.6 Å². The van der Waals surface area contributed by atoms with Crippen LogP contribution in [0, 0.1) is 5.41 Å². The molecule has 0 spiro atoms. The highest BCUT2D eigenvalue weighted by Gasteiger charge is 2.31. The van der Waals surface area contributed by atoms with Crippen molar-refractivity contribution in [3.63, 3.8) is 0 Å². The van der Waals surface area contributed by atoms with Crippen molar-refractivity contribution < 1.29 is 5.11 Å². The van der Waals surface area contributed by atoms with Crippen LogP contribution in [0.2, 0.25) is 0 Å². The van der Waals surface area contributed by atoms with Gasteiger partial charge in [0.25, 0.3) is 0 Å². The molecule has 1 N–H and O–H groups in total. The van der Waals surface area contributed by atoms with Gasteiger partial charge < -0.3 is 5.11 Å². The highest BCUT2D eigenvalue weighted by Crippen LogP contribution is 2.41. The molecule has 0 amide bonds. The monoisotopic (exact) mass is 189 g/mol. The summed E-state index contributed by atoms with van der Waals surface area (Å²) >= 11 is 0. The average Bonchev–Trinajstić information content (AvgIpc) is 2.27. The third-order valence-electron chi connectivity index (χ3n) is 2.82. The zero-order valence-electron chi connectivity index (χ0n) is 8.57. The molecule has 0 radical (unpaired) electrons. The van der Waals surface area contributed by atoms with Crippen LogP contribution in [-0.2, 0) is 0 Å². The molecule has 0 aliphatic carbocycles. The number of benzene rings is 1. The van der Waals surface area contributed by atoms with E-state index in [1.807, 2.05) is 30.5 Å². The van der Waals surface area contributed by atoms with E-state index in [0.29, 0.717) is 0 Å². The fraction of sp³-hybridized carbons (Fsp3) is 0.417. The summed E-state index contributed by atoms with van der Waals surface area (Å²) in [5.74, 6) is 0. The summed E-state index contributed by atoms with van der Waals surface area (Å²) in [6, 6.07) is 7.78. The maximum absolute atomic E-state index is 10.2. The molecule has 1 atom stereocenters. The first-order valence-electron chi connectivity index (χ1n) is 4.91. The predicted molar refractivity (Wildman–Crippen MR) is 58.0 cm³/mol. The summed E-state index contributed by atoms with van der Waals surface area (Å²) in [6.45, 7) is 4.12. The fourth-order valence-corrected chi connectivity index (χ4v) is 1.75. The third-order valence-corrected chi connectivity index (χ3v) is 2.82. The van der Waals surface area contributed by atoms with E-state index in [2.05, 4.69) is 18.8 Å². The van der Waals surface area contributed by atoms with Gasteiger partial charge in [-0.2, -0.15) is 0 Å². The fourth-order valence-electron chi connectivity index (χ4n) is 1.75. The van der Waals surface area contributed by atoms with E-state index in [4.69, 9.17) is 0 Å². The minimum Gasteiger partial charge on any atom is -0.388 e. The summed E-state index contributed by atoms with van der Waals surface area (Å²) in [5.41, 5.74) is 1.70. The van der Waals surface area contributed by atoms with E-state index < -0.39 is 6.10 Å². The zero-order valence-corrected chi connectivity index (χ0v) is 8.57. The normalized spacial score (nSPS) is 24.1. The second kappa shape index (κ2) is 3.21. The Kier molecular flexibility index (Phi) is 2.16. The van der Waals surface area contributed by atoms with Crippen molar-refractivity contribution in [2.24, 2.45) is 10.4 Å². The van der Waals surface area contributed by atoms with Crippen LogP contribution >= 0.6 is 0 Å². The van der Waals surface area contributed by atoms with Gasteiger partial charge in [-0.05, 0) is 17.9 Å². The number of hydrogen-bond donors (Lipinski definition) is 1. The molecule has 0 saturated carbocycles. The molecule has 0 bridgehead atoms. The zero-order chi connectivity index (χ0) is 10.2. The molecule has 2 rings (SSSR count). The Morgan fingerprint density at radius 2 is 2.07 bits per heavy atom. The number of para-hydroxylation sites is 1. The van der Waals surface area contributed by atoms with Gasteiger partial charge in [0.15, 0.2) is 0 Å². The molecule has 1 aliphatic heterocycles. The molecular weight excluding hydrogens is 174 g/mol. The van der Waals surface area contributed by atoms with Crippen LogP contribution < -0.4 is 0 Å². The smallest absolute Gasteiger partial charge is 0.0865 e. The first-order valence-corrected chi connectivity index (χ1v) is 4.91. The molecule has 0 fully saturated rings. The minimum absolute atomic E-state index is 0.129. The lowest BCUT2D eigenvalue weighted by Gasteiger charge is -2.28. The lowest BCUT2D eigenvalue weighted by Crippen LogP contribution is -2.21. The highest BCUT2D eigenvalue weighted by atomic mass is 16.3. The van der Waals surface area contributed by atoms with Crippen LogP contribution in [0.5, 0.6) is 0 Å². The second-order valence-electron chi connectivity index (χ2n) is 4.47. The Morgan fingerprint density at radius 3 is 2.86 bits per heavy atom. The standard InChI is InChI=1S/C12H15NO/c1-12(2)7-8-13-10-6-4-3-5-9(10)11(12)14/h3-6,8,11,14H,7H2,1-2H3. The van der Waals surface area contributed by atoms with Gasteiger partial charge >= 0.3 is 0 Å². The van der Waals surface area contributed by atoms with Crippen LogP contribution in [0.1, 0.15) is 31.9 Å². The molecule has 0 saturated heterocycles. The third kappa shape index (κ3) is 1.46. The Hall–Kier alpha value is -1.15. The van der Waals surface area contributed by atoms with Crippen molar-refractivity contribution in [1.82, 2.24) is 0 Å². The van der Waals surface area contributed by atoms with Gasteiger partial charge in [-0.1, -0.05) is 32.0 Å². The van der Waals surface area contributed by atoms with Crippen LogP contribution in [0.3, 0.4) is 0 Å². The number of hydrogen-bond acceptors (Lipinski definition) is 2. The first kappa shape index (κ1) is 9.41. The van der Waals surface area contributed by atoms with Gasteiger partial charge in [0.1, 0.15) is 0 Å². The quantitative estimate of drug-likeness (QED) is 0.668. The second-order valence-corrected chi connectivity index (χ2v) is 4.47. The van der Waals surface area contributed by atoms with Crippen molar-refractivity contribution in [2.45, 2.75) is 26.4 Å². The van der Waals surface area contributed by atoms with Gasteiger partial charge in [-0.3, -0.25) is 4.99 Å². The van der Waals surface area contributed by atoms with Crippen molar-refractivity contribution in [1.29, 1.82) is 0 Å². The predicted octanol–water partition coefficient (Wildman–Crippen LogP) is 2.85. The van der Waals surface area contributed by atoms with E-state index in [1.165, 1.54) is 0 Å². The van der Waals surface area contributed by atoms with Gasteiger partial charge in [0, 0.05) is 11.8 Å².